The minimum Gasteiger partial charge on any atom is -0.493 e. The third-order valence-electron chi connectivity index (χ3n) is 4.70. The number of esters is 1. The lowest BCUT2D eigenvalue weighted by Crippen LogP contribution is -2.28. The van der Waals surface area contributed by atoms with E-state index in [-0.39, 0.29) is 6.61 Å². The second-order valence-electron chi connectivity index (χ2n) is 7.14. The third-order valence-corrected chi connectivity index (χ3v) is 4.70. The van der Waals surface area contributed by atoms with Gasteiger partial charge >= 0.3 is 5.97 Å². The molecular weight excluding hydrogens is 422 g/mol. The molecule has 0 aliphatic carbocycles. The molecule has 1 atom stereocenters. The molecule has 0 aliphatic heterocycles. The average Bonchev–Trinajstić information content (AvgIpc) is 2.83. The SMILES string of the molecule is CCOc1ccccc1NC(=O)C(OC(=O)COc1ccc(C)cc1OC)c1ccccc1. The highest BCUT2D eigenvalue weighted by molar-refractivity contribution is 5.97. The second-order valence-corrected chi connectivity index (χ2v) is 7.14. The number of hydrogen-bond acceptors (Lipinski definition) is 6. The number of para-hydroxylation sites is 2. The predicted molar refractivity (Wildman–Crippen MR) is 125 cm³/mol. The lowest BCUT2D eigenvalue weighted by molar-refractivity contribution is -0.156. The standard InChI is InChI=1S/C26H27NO6/c1-4-31-21-13-9-8-12-20(21)27-26(29)25(19-10-6-5-7-11-19)33-24(28)17-32-22-15-14-18(2)16-23(22)30-3/h5-16,25H,4,17H2,1-3H3,(H,27,29). The largest absolute Gasteiger partial charge is 0.493 e. The first-order valence-corrected chi connectivity index (χ1v) is 10.6. The summed E-state index contributed by atoms with van der Waals surface area (Å²) >= 11 is 0. The summed E-state index contributed by atoms with van der Waals surface area (Å²) in [5.41, 5.74) is 2.02. The van der Waals surface area contributed by atoms with Crippen LogP contribution in [0, 0.1) is 6.92 Å². The molecule has 0 saturated heterocycles. The second kappa shape index (κ2) is 11.6. The van der Waals surface area contributed by atoms with Crippen molar-refractivity contribution in [3.8, 4) is 17.2 Å². The molecule has 172 valence electrons. The quantitative estimate of drug-likeness (QED) is 0.452. The van der Waals surface area contributed by atoms with Gasteiger partial charge in [-0.3, -0.25) is 4.79 Å². The van der Waals surface area contributed by atoms with Gasteiger partial charge in [-0.25, -0.2) is 4.79 Å². The zero-order chi connectivity index (χ0) is 23.6. The minimum absolute atomic E-state index is 0.383. The molecule has 0 spiro atoms. The Bertz CT molecular complexity index is 1080. The molecule has 3 aromatic carbocycles. The smallest absolute Gasteiger partial charge is 0.345 e. The van der Waals surface area contributed by atoms with E-state index in [2.05, 4.69) is 5.32 Å². The molecule has 1 unspecified atom stereocenters. The number of ether oxygens (including phenoxy) is 4. The van der Waals surface area contributed by atoms with Crippen molar-refractivity contribution in [3.05, 3.63) is 83.9 Å². The first kappa shape index (κ1) is 23.7. The van der Waals surface area contributed by atoms with Crippen molar-refractivity contribution in [1.29, 1.82) is 0 Å². The van der Waals surface area contributed by atoms with Crippen LogP contribution in [0.25, 0.3) is 0 Å². The van der Waals surface area contributed by atoms with Gasteiger partial charge in [0.05, 0.1) is 19.4 Å². The summed E-state index contributed by atoms with van der Waals surface area (Å²) < 4.78 is 22.0. The van der Waals surface area contributed by atoms with Gasteiger partial charge in [0, 0.05) is 5.56 Å². The van der Waals surface area contributed by atoms with Crippen LogP contribution in [0.15, 0.2) is 72.8 Å². The molecule has 0 saturated carbocycles. The molecule has 0 fully saturated rings. The number of anilines is 1. The van der Waals surface area contributed by atoms with Gasteiger partial charge in [-0.1, -0.05) is 48.5 Å². The number of benzene rings is 3. The van der Waals surface area contributed by atoms with Crippen LogP contribution < -0.4 is 19.5 Å². The summed E-state index contributed by atoms with van der Waals surface area (Å²) in [5, 5.41) is 2.80. The van der Waals surface area contributed by atoms with Crippen LogP contribution >= 0.6 is 0 Å². The lowest BCUT2D eigenvalue weighted by Gasteiger charge is -2.19. The summed E-state index contributed by atoms with van der Waals surface area (Å²) in [6, 6.07) is 21.2. The van der Waals surface area contributed by atoms with Crippen molar-refractivity contribution in [1.82, 2.24) is 0 Å². The van der Waals surface area contributed by atoms with E-state index in [1.54, 1.807) is 54.6 Å². The molecule has 0 aliphatic rings. The number of rotatable bonds is 10. The molecule has 0 aromatic heterocycles. The fourth-order valence-corrected chi connectivity index (χ4v) is 3.15. The van der Waals surface area contributed by atoms with Gasteiger partial charge in [0.1, 0.15) is 5.75 Å². The molecule has 3 rings (SSSR count). The Balaban J connectivity index is 1.74. The summed E-state index contributed by atoms with van der Waals surface area (Å²) in [4.78, 5) is 25.7. The minimum atomic E-state index is -1.17. The van der Waals surface area contributed by atoms with Gasteiger partial charge in [0.2, 0.25) is 6.10 Å². The van der Waals surface area contributed by atoms with Crippen LogP contribution in [0.1, 0.15) is 24.2 Å². The van der Waals surface area contributed by atoms with E-state index in [1.165, 1.54) is 7.11 Å². The Morgan fingerprint density at radius 2 is 1.61 bits per heavy atom. The highest BCUT2D eigenvalue weighted by Crippen LogP contribution is 2.29. The molecule has 1 N–H and O–H groups in total. The summed E-state index contributed by atoms with van der Waals surface area (Å²) in [5.74, 6) is 0.245. The molecule has 7 heteroatoms. The fourth-order valence-electron chi connectivity index (χ4n) is 3.15. The summed E-state index contributed by atoms with van der Waals surface area (Å²) in [6.07, 6.45) is -1.17. The van der Waals surface area contributed by atoms with Crippen molar-refractivity contribution < 1.29 is 28.5 Å². The maximum atomic E-state index is 13.1. The van der Waals surface area contributed by atoms with Crippen LogP contribution in [-0.4, -0.2) is 32.2 Å². The van der Waals surface area contributed by atoms with E-state index in [9.17, 15) is 9.59 Å². The molecule has 7 nitrogen and oxygen atoms in total. The van der Waals surface area contributed by atoms with Crippen molar-refractivity contribution in [2.24, 2.45) is 0 Å². The Kier molecular flexibility index (Phi) is 8.30. The molecule has 0 heterocycles. The maximum absolute atomic E-state index is 13.1. The van der Waals surface area contributed by atoms with E-state index in [4.69, 9.17) is 18.9 Å². The zero-order valence-corrected chi connectivity index (χ0v) is 18.9. The number of aryl methyl sites for hydroxylation is 1. The van der Waals surface area contributed by atoms with Crippen molar-refractivity contribution in [3.63, 3.8) is 0 Å². The highest BCUT2D eigenvalue weighted by Gasteiger charge is 2.26. The van der Waals surface area contributed by atoms with Gasteiger partial charge in [0.15, 0.2) is 18.1 Å². The monoisotopic (exact) mass is 449 g/mol. The molecular formula is C26H27NO6. The zero-order valence-electron chi connectivity index (χ0n) is 18.9. The Morgan fingerprint density at radius 1 is 0.879 bits per heavy atom. The topological polar surface area (TPSA) is 83.1 Å². The molecule has 0 radical (unpaired) electrons. The van der Waals surface area contributed by atoms with Gasteiger partial charge in [-0.05, 0) is 43.7 Å². The van der Waals surface area contributed by atoms with Crippen molar-refractivity contribution >= 4 is 17.6 Å². The fraction of sp³-hybridized carbons (Fsp3) is 0.231. The first-order chi connectivity index (χ1) is 16.0. The first-order valence-electron chi connectivity index (χ1n) is 10.6. The number of carbonyl (C=O) groups excluding carboxylic acids is 2. The average molecular weight is 450 g/mol. The number of hydrogen-bond donors (Lipinski definition) is 1. The van der Waals surface area contributed by atoms with Crippen LogP contribution in [0.5, 0.6) is 17.2 Å². The maximum Gasteiger partial charge on any atom is 0.345 e. The van der Waals surface area contributed by atoms with Gasteiger partial charge < -0.3 is 24.3 Å². The molecule has 3 aromatic rings. The number of nitrogens with one attached hydrogen (secondary N) is 1. The van der Waals surface area contributed by atoms with Crippen LogP contribution in [0.3, 0.4) is 0 Å². The third kappa shape index (κ3) is 6.49. The van der Waals surface area contributed by atoms with Crippen molar-refractivity contribution in [2.45, 2.75) is 20.0 Å². The number of carbonyl (C=O) groups is 2. The van der Waals surface area contributed by atoms with Crippen LogP contribution in [0.2, 0.25) is 0 Å². The Labute approximate surface area is 193 Å². The Morgan fingerprint density at radius 3 is 2.33 bits per heavy atom. The number of amides is 1. The van der Waals surface area contributed by atoms with Gasteiger partial charge in [0.25, 0.3) is 5.91 Å². The highest BCUT2D eigenvalue weighted by atomic mass is 16.6. The van der Waals surface area contributed by atoms with Gasteiger partial charge in [-0.2, -0.15) is 0 Å². The Hall–Kier alpha value is -4.00. The summed E-state index contributed by atoms with van der Waals surface area (Å²) in [7, 11) is 1.52. The van der Waals surface area contributed by atoms with Gasteiger partial charge in [-0.15, -0.1) is 0 Å². The van der Waals surface area contributed by atoms with Crippen LogP contribution in [-0.2, 0) is 14.3 Å². The van der Waals surface area contributed by atoms with E-state index in [0.717, 1.165) is 5.56 Å². The predicted octanol–water partition coefficient (Wildman–Crippen LogP) is 4.70. The molecule has 1 amide bonds. The molecule has 33 heavy (non-hydrogen) atoms. The van der Waals surface area contributed by atoms with E-state index < -0.39 is 18.0 Å². The van der Waals surface area contributed by atoms with E-state index in [1.807, 2.05) is 32.0 Å². The lowest BCUT2D eigenvalue weighted by atomic mass is 10.1. The van der Waals surface area contributed by atoms with E-state index in [0.29, 0.717) is 35.1 Å². The van der Waals surface area contributed by atoms with Crippen molar-refractivity contribution in [2.75, 3.05) is 25.6 Å². The number of methoxy groups -OCH3 is 1. The van der Waals surface area contributed by atoms with E-state index >= 15 is 0 Å². The normalized spacial score (nSPS) is 11.2. The molecule has 0 bridgehead atoms. The van der Waals surface area contributed by atoms with Crippen LogP contribution in [0.4, 0.5) is 5.69 Å². The summed E-state index contributed by atoms with van der Waals surface area (Å²) in [6.45, 7) is 3.85.